The molecule has 0 radical (unpaired) electrons. The molecular formula is C9H15N5S. The van der Waals surface area contributed by atoms with E-state index < -0.39 is 0 Å². The van der Waals surface area contributed by atoms with Crippen LogP contribution in [0.15, 0.2) is 17.4 Å². The van der Waals surface area contributed by atoms with E-state index in [0.29, 0.717) is 5.11 Å². The molecule has 6 heteroatoms. The molecule has 0 saturated carbocycles. The Morgan fingerprint density at radius 3 is 2.87 bits per heavy atom. The Labute approximate surface area is 94.3 Å². The Bertz CT molecular complexity index is 336. The van der Waals surface area contributed by atoms with E-state index in [2.05, 4.69) is 26.0 Å². The fraction of sp³-hybridized carbons (Fsp3) is 0.444. The molecule has 0 bridgehead atoms. The average Bonchev–Trinajstić information content (AvgIpc) is 2.53. The second kappa shape index (κ2) is 4.88. The van der Waals surface area contributed by atoms with Crippen LogP contribution in [0.1, 0.15) is 26.5 Å². The van der Waals surface area contributed by atoms with Gasteiger partial charge >= 0.3 is 0 Å². The van der Waals surface area contributed by atoms with Gasteiger partial charge < -0.3 is 5.32 Å². The number of aromatic nitrogens is 2. The van der Waals surface area contributed by atoms with Crippen LogP contribution in [0.25, 0.3) is 0 Å². The van der Waals surface area contributed by atoms with Gasteiger partial charge in [0.15, 0.2) is 5.11 Å². The molecule has 0 saturated heterocycles. The monoisotopic (exact) mass is 225 g/mol. The maximum atomic E-state index is 5.04. The average molecular weight is 225 g/mol. The fourth-order valence-corrected chi connectivity index (χ4v) is 1.23. The van der Waals surface area contributed by atoms with E-state index in [1.807, 2.05) is 26.8 Å². The number of hydrogen-bond acceptors (Lipinski definition) is 3. The highest BCUT2D eigenvalue weighted by Crippen LogP contribution is 1.97. The summed E-state index contributed by atoms with van der Waals surface area (Å²) in [6.45, 7) is 6.08. The third-order valence-corrected chi connectivity index (χ3v) is 1.57. The molecule has 0 aromatic carbocycles. The number of H-pyrrole nitrogens is 1. The lowest BCUT2D eigenvalue weighted by Crippen LogP contribution is -2.44. The first kappa shape index (κ1) is 11.6. The van der Waals surface area contributed by atoms with Crippen molar-refractivity contribution in [3.8, 4) is 0 Å². The van der Waals surface area contributed by atoms with Crippen molar-refractivity contribution in [2.24, 2.45) is 5.10 Å². The second-order valence-electron chi connectivity index (χ2n) is 4.09. The summed E-state index contributed by atoms with van der Waals surface area (Å²) in [4.78, 5) is 0. The van der Waals surface area contributed by atoms with Gasteiger partial charge in [0.05, 0.1) is 11.9 Å². The summed E-state index contributed by atoms with van der Waals surface area (Å²) in [6, 6.07) is 1.81. The summed E-state index contributed by atoms with van der Waals surface area (Å²) in [5.74, 6) is 0. The van der Waals surface area contributed by atoms with Crippen molar-refractivity contribution in [2.45, 2.75) is 26.3 Å². The number of nitrogens with one attached hydrogen (secondary N) is 3. The van der Waals surface area contributed by atoms with Crippen LogP contribution in [0.3, 0.4) is 0 Å². The lowest BCUT2D eigenvalue weighted by atomic mass is 10.1. The molecule has 1 heterocycles. The molecule has 0 amide bonds. The number of thiocarbonyl (C=S) groups is 1. The highest BCUT2D eigenvalue weighted by Gasteiger charge is 2.09. The van der Waals surface area contributed by atoms with Gasteiger partial charge in [0.1, 0.15) is 0 Å². The smallest absolute Gasteiger partial charge is 0.187 e. The van der Waals surface area contributed by atoms with E-state index >= 15 is 0 Å². The van der Waals surface area contributed by atoms with Crippen molar-refractivity contribution >= 4 is 23.5 Å². The number of hydrazone groups is 1. The summed E-state index contributed by atoms with van der Waals surface area (Å²) < 4.78 is 0. The highest BCUT2D eigenvalue weighted by molar-refractivity contribution is 7.80. The summed E-state index contributed by atoms with van der Waals surface area (Å²) in [7, 11) is 0. The van der Waals surface area contributed by atoms with E-state index in [1.54, 1.807) is 12.4 Å². The lowest BCUT2D eigenvalue weighted by molar-refractivity contribution is 0.508. The van der Waals surface area contributed by atoms with Crippen molar-refractivity contribution < 1.29 is 0 Å². The summed E-state index contributed by atoms with van der Waals surface area (Å²) in [6.07, 6.45) is 3.27. The van der Waals surface area contributed by atoms with Crippen LogP contribution in [-0.2, 0) is 0 Å². The van der Waals surface area contributed by atoms with E-state index in [9.17, 15) is 0 Å². The molecule has 1 aromatic rings. The summed E-state index contributed by atoms with van der Waals surface area (Å²) >= 11 is 5.04. The SMILES string of the molecule is CC(C)(C)NC(=S)N/N=C/c1ccn[nH]1. The minimum absolute atomic E-state index is 0.0619. The molecule has 0 spiro atoms. The lowest BCUT2D eigenvalue weighted by Gasteiger charge is -2.21. The second-order valence-corrected chi connectivity index (χ2v) is 4.49. The standard InChI is InChI=1S/C9H15N5S/c1-9(2,3)12-8(15)14-11-6-7-4-5-10-13-7/h4-6H,1-3H3,(H,10,13)(H2,12,14,15)/b11-6+. The van der Waals surface area contributed by atoms with E-state index in [-0.39, 0.29) is 5.54 Å². The Morgan fingerprint density at radius 1 is 1.60 bits per heavy atom. The maximum Gasteiger partial charge on any atom is 0.187 e. The van der Waals surface area contributed by atoms with Crippen LogP contribution in [0.2, 0.25) is 0 Å². The molecule has 0 aliphatic rings. The number of nitrogens with zero attached hydrogens (tertiary/aromatic N) is 2. The zero-order chi connectivity index (χ0) is 11.3. The molecule has 0 aliphatic heterocycles. The predicted octanol–water partition coefficient (Wildman–Crippen LogP) is 1.01. The van der Waals surface area contributed by atoms with Gasteiger partial charge in [0, 0.05) is 11.7 Å². The van der Waals surface area contributed by atoms with E-state index in [4.69, 9.17) is 12.2 Å². The van der Waals surface area contributed by atoms with Crippen molar-refractivity contribution in [3.63, 3.8) is 0 Å². The third-order valence-electron chi connectivity index (χ3n) is 1.38. The normalized spacial score (nSPS) is 11.7. The van der Waals surface area contributed by atoms with Crippen molar-refractivity contribution in [1.29, 1.82) is 0 Å². The highest BCUT2D eigenvalue weighted by atomic mass is 32.1. The maximum absolute atomic E-state index is 5.04. The molecule has 82 valence electrons. The molecule has 15 heavy (non-hydrogen) atoms. The molecule has 1 rings (SSSR count). The van der Waals surface area contributed by atoms with Crippen LogP contribution >= 0.6 is 12.2 Å². The third kappa shape index (κ3) is 5.11. The Hall–Kier alpha value is -1.43. The molecule has 0 unspecified atom stereocenters. The van der Waals surface area contributed by atoms with Crippen LogP contribution < -0.4 is 10.7 Å². The molecular weight excluding hydrogens is 210 g/mol. The molecule has 1 aromatic heterocycles. The van der Waals surface area contributed by atoms with Gasteiger partial charge in [0.2, 0.25) is 0 Å². The van der Waals surface area contributed by atoms with Crippen LogP contribution in [0.4, 0.5) is 0 Å². The molecule has 0 atom stereocenters. The zero-order valence-corrected chi connectivity index (χ0v) is 9.85. The van der Waals surface area contributed by atoms with E-state index in [1.165, 1.54) is 0 Å². The Morgan fingerprint density at radius 2 is 2.33 bits per heavy atom. The van der Waals surface area contributed by atoms with Crippen LogP contribution in [-0.4, -0.2) is 27.1 Å². The molecule has 5 nitrogen and oxygen atoms in total. The Balaban J connectivity index is 2.35. The van der Waals surface area contributed by atoms with E-state index in [0.717, 1.165) is 5.69 Å². The van der Waals surface area contributed by atoms with Gasteiger partial charge in [0.25, 0.3) is 0 Å². The van der Waals surface area contributed by atoms with Gasteiger partial charge in [-0.3, -0.25) is 10.5 Å². The quantitative estimate of drug-likeness (QED) is 0.399. The first-order chi connectivity index (χ1) is 6.97. The zero-order valence-electron chi connectivity index (χ0n) is 9.03. The van der Waals surface area contributed by atoms with Crippen molar-refractivity contribution in [3.05, 3.63) is 18.0 Å². The summed E-state index contributed by atoms with van der Waals surface area (Å²) in [5, 5.41) is 14.1. The van der Waals surface area contributed by atoms with Gasteiger partial charge in [-0.05, 0) is 39.1 Å². The number of rotatable bonds is 2. The first-order valence-corrected chi connectivity index (χ1v) is 4.99. The first-order valence-electron chi connectivity index (χ1n) is 4.58. The molecule has 0 fully saturated rings. The van der Waals surface area contributed by atoms with Crippen molar-refractivity contribution in [1.82, 2.24) is 20.9 Å². The molecule has 0 aliphatic carbocycles. The minimum atomic E-state index is -0.0619. The summed E-state index contributed by atoms with van der Waals surface area (Å²) in [5.41, 5.74) is 3.48. The van der Waals surface area contributed by atoms with Gasteiger partial charge in [-0.25, -0.2) is 0 Å². The predicted molar refractivity (Wildman–Crippen MR) is 64.8 cm³/mol. The fourth-order valence-electron chi connectivity index (χ4n) is 0.868. The number of hydrogen-bond donors (Lipinski definition) is 3. The Kier molecular flexibility index (Phi) is 3.79. The topological polar surface area (TPSA) is 65.1 Å². The van der Waals surface area contributed by atoms with Gasteiger partial charge in [-0.1, -0.05) is 0 Å². The van der Waals surface area contributed by atoms with Gasteiger partial charge in [-0.2, -0.15) is 10.2 Å². The van der Waals surface area contributed by atoms with Crippen molar-refractivity contribution in [2.75, 3.05) is 0 Å². The minimum Gasteiger partial charge on any atom is -0.357 e. The van der Waals surface area contributed by atoms with Gasteiger partial charge in [-0.15, -0.1) is 0 Å². The molecule has 3 N–H and O–H groups in total. The van der Waals surface area contributed by atoms with Crippen LogP contribution in [0.5, 0.6) is 0 Å². The van der Waals surface area contributed by atoms with Crippen LogP contribution in [0, 0.1) is 0 Å². The number of aromatic amines is 1. The largest absolute Gasteiger partial charge is 0.357 e.